The maximum Gasteiger partial charge on any atom is 0.239 e. The van der Waals surface area contributed by atoms with Crippen LogP contribution in [0.25, 0.3) is 0 Å². The summed E-state index contributed by atoms with van der Waals surface area (Å²) in [4.78, 5) is 23.1. The SMILES string of the molecule is CC(C)NC(=O)CNC(=O)CCCOc1ccc(C(C)(C)C)cc1. The molecular formula is C19H30N2O3. The van der Waals surface area contributed by atoms with Gasteiger partial charge in [0, 0.05) is 12.5 Å². The minimum absolute atomic E-state index is 0.0200. The van der Waals surface area contributed by atoms with Crippen LogP contribution in [-0.2, 0) is 15.0 Å². The largest absolute Gasteiger partial charge is 0.494 e. The van der Waals surface area contributed by atoms with Crippen molar-refractivity contribution in [1.29, 1.82) is 0 Å². The predicted molar refractivity (Wildman–Crippen MR) is 96.2 cm³/mol. The van der Waals surface area contributed by atoms with Crippen LogP contribution in [0.3, 0.4) is 0 Å². The van der Waals surface area contributed by atoms with E-state index in [0.29, 0.717) is 19.4 Å². The summed E-state index contributed by atoms with van der Waals surface area (Å²) in [6.07, 6.45) is 0.952. The third-order valence-corrected chi connectivity index (χ3v) is 3.43. The first-order chi connectivity index (χ1) is 11.2. The van der Waals surface area contributed by atoms with Crippen LogP contribution in [0.5, 0.6) is 5.75 Å². The molecular weight excluding hydrogens is 304 g/mol. The summed E-state index contributed by atoms with van der Waals surface area (Å²) < 4.78 is 5.64. The minimum Gasteiger partial charge on any atom is -0.494 e. The highest BCUT2D eigenvalue weighted by molar-refractivity contribution is 5.84. The second-order valence-corrected chi connectivity index (χ2v) is 7.23. The second kappa shape index (κ2) is 9.30. The van der Waals surface area contributed by atoms with Crippen molar-refractivity contribution in [3.8, 4) is 5.75 Å². The van der Waals surface area contributed by atoms with Crippen LogP contribution in [-0.4, -0.2) is 31.0 Å². The topological polar surface area (TPSA) is 67.4 Å². The monoisotopic (exact) mass is 334 g/mol. The Balaban J connectivity index is 2.21. The van der Waals surface area contributed by atoms with E-state index in [1.54, 1.807) is 0 Å². The van der Waals surface area contributed by atoms with Crippen LogP contribution in [0, 0.1) is 0 Å². The number of carbonyl (C=O) groups is 2. The van der Waals surface area contributed by atoms with Crippen molar-refractivity contribution in [1.82, 2.24) is 10.6 Å². The van der Waals surface area contributed by atoms with Crippen molar-refractivity contribution in [3.63, 3.8) is 0 Å². The average molecular weight is 334 g/mol. The summed E-state index contributed by atoms with van der Waals surface area (Å²) in [5.74, 6) is 0.494. The Morgan fingerprint density at radius 1 is 1.08 bits per heavy atom. The molecule has 24 heavy (non-hydrogen) atoms. The summed E-state index contributed by atoms with van der Waals surface area (Å²) >= 11 is 0. The van der Waals surface area contributed by atoms with Gasteiger partial charge in [0.25, 0.3) is 0 Å². The number of rotatable bonds is 8. The highest BCUT2D eigenvalue weighted by Crippen LogP contribution is 2.24. The molecule has 0 saturated carbocycles. The number of amides is 2. The fourth-order valence-electron chi connectivity index (χ4n) is 2.11. The molecule has 1 rings (SSSR count). The van der Waals surface area contributed by atoms with Crippen LogP contribution < -0.4 is 15.4 Å². The van der Waals surface area contributed by atoms with E-state index in [1.165, 1.54) is 5.56 Å². The lowest BCUT2D eigenvalue weighted by Crippen LogP contribution is -2.39. The maximum absolute atomic E-state index is 11.7. The van der Waals surface area contributed by atoms with Gasteiger partial charge in [0.05, 0.1) is 13.2 Å². The number of nitrogens with one attached hydrogen (secondary N) is 2. The van der Waals surface area contributed by atoms with Crippen LogP contribution in [0.2, 0.25) is 0 Å². The van der Waals surface area contributed by atoms with Crippen LogP contribution in [0.15, 0.2) is 24.3 Å². The molecule has 0 aliphatic heterocycles. The molecule has 2 amide bonds. The van der Waals surface area contributed by atoms with Crippen LogP contribution in [0.4, 0.5) is 0 Å². The summed E-state index contributed by atoms with van der Waals surface area (Å²) in [5.41, 5.74) is 1.38. The number of hydrogen-bond acceptors (Lipinski definition) is 3. The Kier molecular flexibility index (Phi) is 7.75. The van der Waals surface area contributed by atoms with Gasteiger partial charge >= 0.3 is 0 Å². The molecule has 0 saturated heterocycles. The van der Waals surface area contributed by atoms with E-state index in [4.69, 9.17) is 4.74 Å². The molecule has 0 atom stereocenters. The van der Waals surface area contributed by atoms with E-state index in [1.807, 2.05) is 26.0 Å². The molecule has 134 valence electrons. The Morgan fingerprint density at radius 2 is 1.71 bits per heavy atom. The predicted octanol–water partition coefficient (Wildman–Crippen LogP) is 2.78. The quantitative estimate of drug-likeness (QED) is 0.718. The molecule has 0 aliphatic rings. The first-order valence-electron chi connectivity index (χ1n) is 8.48. The van der Waals surface area contributed by atoms with Crippen molar-refractivity contribution in [3.05, 3.63) is 29.8 Å². The first-order valence-corrected chi connectivity index (χ1v) is 8.48. The lowest BCUT2D eigenvalue weighted by atomic mass is 9.87. The van der Waals surface area contributed by atoms with E-state index in [-0.39, 0.29) is 29.8 Å². The molecule has 0 aromatic heterocycles. The Hall–Kier alpha value is -2.04. The van der Waals surface area contributed by atoms with Gasteiger partial charge in [-0.15, -0.1) is 0 Å². The summed E-state index contributed by atoms with van der Waals surface area (Å²) in [6, 6.07) is 8.12. The Bertz CT molecular complexity index is 531. The normalized spacial score (nSPS) is 11.2. The van der Waals surface area contributed by atoms with Crippen LogP contribution >= 0.6 is 0 Å². The van der Waals surface area contributed by atoms with Gasteiger partial charge in [0.1, 0.15) is 5.75 Å². The highest BCUT2D eigenvalue weighted by atomic mass is 16.5. The van der Waals surface area contributed by atoms with Gasteiger partial charge in [0.15, 0.2) is 0 Å². The number of benzene rings is 1. The molecule has 0 radical (unpaired) electrons. The van der Waals surface area contributed by atoms with E-state index >= 15 is 0 Å². The van der Waals surface area contributed by atoms with Crippen molar-refractivity contribution < 1.29 is 14.3 Å². The Morgan fingerprint density at radius 3 is 2.25 bits per heavy atom. The van der Waals surface area contributed by atoms with Gasteiger partial charge in [0.2, 0.25) is 11.8 Å². The molecule has 0 fully saturated rings. The van der Waals surface area contributed by atoms with Gasteiger partial charge in [-0.25, -0.2) is 0 Å². The zero-order valence-corrected chi connectivity index (χ0v) is 15.4. The van der Waals surface area contributed by atoms with E-state index in [0.717, 1.165) is 5.75 Å². The minimum atomic E-state index is -0.173. The summed E-state index contributed by atoms with van der Waals surface area (Å²) in [5, 5.41) is 5.33. The van der Waals surface area contributed by atoms with Crippen LogP contribution in [0.1, 0.15) is 53.0 Å². The third kappa shape index (κ3) is 7.99. The molecule has 5 nitrogen and oxygen atoms in total. The third-order valence-electron chi connectivity index (χ3n) is 3.43. The number of ether oxygens (including phenoxy) is 1. The smallest absolute Gasteiger partial charge is 0.239 e. The van der Waals surface area contributed by atoms with E-state index in [9.17, 15) is 9.59 Å². The van der Waals surface area contributed by atoms with E-state index in [2.05, 4.69) is 43.5 Å². The number of carbonyl (C=O) groups excluding carboxylic acids is 2. The zero-order valence-electron chi connectivity index (χ0n) is 15.4. The van der Waals surface area contributed by atoms with Gasteiger partial charge in [-0.3, -0.25) is 9.59 Å². The lowest BCUT2D eigenvalue weighted by Gasteiger charge is -2.19. The summed E-state index contributed by atoms with van der Waals surface area (Å²) in [7, 11) is 0. The maximum atomic E-state index is 11.7. The molecule has 0 aliphatic carbocycles. The van der Waals surface area contributed by atoms with Crippen molar-refractivity contribution in [2.75, 3.05) is 13.2 Å². The zero-order chi connectivity index (χ0) is 18.2. The molecule has 5 heteroatoms. The van der Waals surface area contributed by atoms with Crippen molar-refractivity contribution >= 4 is 11.8 Å². The molecule has 0 unspecified atom stereocenters. The molecule has 2 N–H and O–H groups in total. The van der Waals surface area contributed by atoms with Gasteiger partial charge < -0.3 is 15.4 Å². The fraction of sp³-hybridized carbons (Fsp3) is 0.579. The van der Waals surface area contributed by atoms with Crippen molar-refractivity contribution in [2.24, 2.45) is 0 Å². The Labute approximate surface area is 145 Å². The number of hydrogen-bond donors (Lipinski definition) is 2. The molecule has 1 aromatic carbocycles. The van der Waals surface area contributed by atoms with Gasteiger partial charge in [-0.05, 0) is 43.4 Å². The van der Waals surface area contributed by atoms with E-state index < -0.39 is 0 Å². The molecule has 0 heterocycles. The lowest BCUT2D eigenvalue weighted by molar-refractivity contribution is -0.126. The standard InChI is InChI=1S/C19H30N2O3/c1-14(2)21-18(23)13-20-17(22)7-6-12-24-16-10-8-15(9-11-16)19(3,4)5/h8-11,14H,6-7,12-13H2,1-5H3,(H,20,22)(H,21,23). The summed E-state index contributed by atoms with van der Waals surface area (Å²) in [6.45, 7) is 10.8. The highest BCUT2D eigenvalue weighted by Gasteiger charge is 2.13. The second-order valence-electron chi connectivity index (χ2n) is 7.23. The van der Waals surface area contributed by atoms with Crippen molar-refractivity contribution in [2.45, 2.75) is 58.9 Å². The average Bonchev–Trinajstić information content (AvgIpc) is 2.48. The van der Waals surface area contributed by atoms with Gasteiger partial charge in [-0.1, -0.05) is 32.9 Å². The van der Waals surface area contributed by atoms with Gasteiger partial charge in [-0.2, -0.15) is 0 Å². The molecule has 0 bridgehead atoms. The fourth-order valence-corrected chi connectivity index (χ4v) is 2.11. The first kappa shape index (κ1) is 20.0. The molecule has 1 aromatic rings. The molecule has 0 spiro atoms.